The molecule has 0 saturated carbocycles. The molecule has 7 nitrogen and oxygen atoms in total. The van der Waals surface area contributed by atoms with Crippen molar-refractivity contribution in [1.29, 1.82) is 0 Å². The number of likely N-dealkylation sites (N-methyl/N-ethyl adjacent to an activating group) is 1. The molecule has 1 N–H and O–H groups in total. The highest BCUT2D eigenvalue weighted by molar-refractivity contribution is 5.78. The van der Waals surface area contributed by atoms with Gasteiger partial charge in [-0.25, -0.2) is 0 Å². The lowest BCUT2D eigenvalue weighted by Gasteiger charge is -2.37. The van der Waals surface area contributed by atoms with Crippen molar-refractivity contribution in [2.75, 3.05) is 46.3 Å². The van der Waals surface area contributed by atoms with Crippen LogP contribution in [0.5, 0.6) is 0 Å². The summed E-state index contributed by atoms with van der Waals surface area (Å²) in [7, 11) is 2.09. The number of nitrogens with zero attached hydrogens (tertiary/aromatic N) is 5. The number of aliphatic hydroxyl groups excluding tert-OH is 1. The molecule has 1 aromatic heterocycles. The van der Waals surface area contributed by atoms with Gasteiger partial charge in [-0.2, -0.15) is 5.10 Å². The second kappa shape index (κ2) is 8.78. The van der Waals surface area contributed by atoms with Crippen molar-refractivity contribution in [3.63, 3.8) is 0 Å². The molecule has 0 aromatic carbocycles. The lowest BCUT2D eigenvalue weighted by atomic mass is 10.0. The first-order valence-corrected chi connectivity index (χ1v) is 9.47. The van der Waals surface area contributed by atoms with E-state index in [1.807, 2.05) is 17.2 Å². The van der Waals surface area contributed by atoms with Gasteiger partial charge in [-0.1, -0.05) is 0 Å². The van der Waals surface area contributed by atoms with Gasteiger partial charge in [0, 0.05) is 51.2 Å². The second-order valence-electron chi connectivity index (χ2n) is 7.42. The summed E-state index contributed by atoms with van der Waals surface area (Å²) in [5.74, 6) is 0.291. The lowest BCUT2D eigenvalue weighted by molar-refractivity contribution is -0.131. The SMILES string of the molecule is CN(CC(O)Cn1cccn1)C1CCN(CC(=O)N2CCCC2)CC1. The Kier molecular flexibility index (Phi) is 6.45. The van der Waals surface area contributed by atoms with E-state index in [1.54, 1.807) is 10.9 Å². The molecule has 25 heavy (non-hydrogen) atoms. The molecular formula is C18H31N5O2. The van der Waals surface area contributed by atoms with E-state index >= 15 is 0 Å². The summed E-state index contributed by atoms with van der Waals surface area (Å²) in [6.07, 6.45) is 7.60. The number of piperidine rings is 1. The Bertz CT molecular complexity index is 522. The summed E-state index contributed by atoms with van der Waals surface area (Å²) in [4.78, 5) is 18.8. The summed E-state index contributed by atoms with van der Waals surface area (Å²) in [6, 6.07) is 2.35. The van der Waals surface area contributed by atoms with Gasteiger partial charge in [-0.3, -0.25) is 14.4 Å². The third-order valence-corrected chi connectivity index (χ3v) is 5.45. The van der Waals surface area contributed by atoms with Crippen molar-refractivity contribution in [2.45, 2.75) is 44.4 Å². The highest BCUT2D eigenvalue weighted by Gasteiger charge is 2.26. The van der Waals surface area contributed by atoms with Crippen molar-refractivity contribution in [2.24, 2.45) is 0 Å². The molecule has 2 aliphatic rings. The molecule has 2 aliphatic heterocycles. The van der Waals surface area contributed by atoms with Crippen LogP contribution >= 0.6 is 0 Å². The maximum Gasteiger partial charge on any atom is 0.236 e. The molecule has 0 spiro atoms. The van der Waals surface area contributed by atoms with Crippen molar-refractivity contribution in [1.82, 2.24) is 24.5 Å². The predicted molar refractivity (Wildman–Crippen MR) is 96.1 cm³/mol. The van der Waals surface area contributed by atoms with Crippen LogP contribution in [-0.2, 0) is 11.3 Å². The van der Waals surface area contributed by atoms with Crippen LogP contribution < -0.4 is 0 Å². The first kappa shape index (κ1) is 18.4. The molecule has 1 unspecified atom stereocenters. The minimum Gasteiger partial charge on any atom is -0.390 e. The van der Waals surface area contributed by atoms with E-state index in [0.29, 0.717) is 31.6 Å². The first-order valence-electron chi connectivity index (χ1n) is 9.47. The lowest BCUT2D eigenvalue weighted by Crippen LogP contribution is -2.48. The average Bonchev–Trinajstić information content (AvgIpc) is 3.29. The quantitative estimate of drug-likeness (QED) is 0.765. The number of hydrogen-bond acceptors (Lipinski definition) is 5. The van der Waals surface area contributed by atoms with Gasteiger partial charge in [0.25, 0.3) is 0 Å². The van der Waals surface area contributed by atoms with Crippen LogP contribution in [0.15, 0.2) is 18.5 Å². The number of likely N-dealkylation sites (tertiary alicyclic amines) is 2. The van der Waals surface area contributed by atoms with E-state index in [4.69, 9.17) is 0 Å². The van der Waals surface area contributed by atoms with Crippen LogP contribution in [0, 0.1) is 0 Å². The molecule has 3 rings (SSSR count). The highest BCUT2D eigenvalue weighted by atomic mass is 16.3. The van der Waals surface area contributed by atoms with Crippen molar-refractivity contribution < 1.29 is 9.90 Å². The Morgan fingerprint density at radius 2 is 2.00 bits per heavy atom. The topological polar surface area (TPSA) is 64.8 Å². The molecule has 1 aromatic rings. The van der Waals surface area contributed by atoms with Gasteiger partial charge in [0.2, 0.25) is 5.91 Å². The van der Waals surface area contributed by atoms with Gasteiger partial charge in [-0.05, 0) is 38.8 Å². The monoisotopic (exact) mass is 349 g/mol. The third-order valence-electron chi connectivity index (χ3n) is 5.45. The standard InChI is InChI=1S/C18H31N5O2/c1-20(13-17(24)14-23-10-4-7-19-23)16-5-11-21(12-6-16)15-18(25)22-8-2-3-9-22/h4,7,10,16-17,24H,2-3,5-6,8-9,11-15H2,1H3. The fraction of sp³-hybridized carbons (Fsp3) is 0.778. The molecule has 0 bridgehead atoms. The zero-order valence-corrected chi connectivity index (χ0v) is 15.3. The van der Waals surface area contributed by atoms with Crippen molar-refractivity contribution in [3.05, 3.63) is 18.5 Å². The number of amides is 1. The zero-order valence-electron chi connectivity index (χ0n) is 15.3. The Balaban J connectivity index is 1.36. The van der Waals surface area contributed by atoms with Gasteiger partial charge in [0.05, 0.1) is 19.2 Å². The Hall–Kier alpha value is -1.44. The Labute approximate surface area is 150 Å². The summed E-state index contributed by atoms with van der Waals surface area (Å²) >= 11 is 0. The molecule has 1 amide bonds. The molecule has 1 atom stereocenters. The number of aliphatic hydroxyl groups is 1. The number of carbonyl (C=O) groups is 1. The Morgan fingerprint density at radius 1 is 1.28 bits per heavy atom. The molecule has 3 heterocycles. The van der Waals surface area contributed by atoms with E-state index in [0.717, 1.165) is 51.9 Å². The fourth-order valence-corrected chi connectivity index (χ4v) is 3.94. The summed E-state index contributed by atoms with van der Waals surface area (Å²) in [6.45, 7) is 5.54. The number of carbonyl (C=O) groups excluding carboxylic acids is 1. The summed E-state index contributed by atoms with van der Waals surface area (Å²) in [5, 5.41) is 14.4. The molecular weight excluding hydrogens is 318 g/mol. The maximum absolute atomic E-state index is 12.3. The zero-order chi connectivity index (χ0) is 17.6. The van der Waals surface area contributed by atoms with Crippen LogP contribution in [0.4, 0.5) is 0 Å². The van der Waals surface area contributed by atoms with Gasteiger partial charge >= 0.3 is 0 Å². The van der Waals surface area contributed by atoms with Gasteiger partial charge in [0.15, 0.2) is 0 Å². The number of hydrogen-bond donors (Lipinski definition) is 1. The van der Waals surface area contributed by atoms with Crippen molar-refractivity contribution in [3.8, 4) is 0 Å². The average molecular weight is 349 g/mol. The normalized spacial score (nSPS) is 21.2. The highest BCUT2D eigenvalue weighted by Crippen LogP contribution is 2.17. The third kappa shape index (κ3) is 5.26. The smallest absolute Gasteiger partial charge is 0.236 e. The first-order chi connectivity index (χ1) is 12.1. The molecule has 7 heteroatoms. The van der Waals surface area contributed by atoms with Gasteiger partial charge < -0.3 is 14.9 Å². The summed E-state index contributed by atoms with van der Waals surface area (Å²) < 4.78 is 1.77. The Morgan fingerprint density at radius 3 is 2.64 bits per heavy atom. The van der Waals surface area contributed by atoms with Crippen LogP contribution in [0.25, 0.3) is 0 Å². The van der Waals surface area contributed by atoms with E-state index in [1.165, 1.54) is 0 Å². The molecule has 2 fully saturated rings. The molecule has 0 aliphatic carbocycles. The number of rotatable bonds is 7. The molecule has 2 saturated heterocycles. The van der Waals surface area contributed by atoms with E-state index in [2.05, 4.69) is 21.9 Å². The summed E-state index contributed by atoms with van der Waals surface area (Å²) in [5.41, 5.74) is 0. The van der Waals surface area contributed by atoms with Gasteiger partial charge in [0.1, 0.15) is 0 Å². The predicted octanol–water partition coefficient (Wildman–Crippen LogP) is 0.263. The molecule has 0 radical (unpaired) electrons. The van der Waals surface area contributed by atoms with Crippen LogP contribution in [0.1, 0.15) is 25.7 Å². The van der Waals surface area contributed by atoms with Gasteiger partial charge in [-0.15, -0.1) is 0 Å². The second-order valence-corrected chi connectivity index (χ2v) is 7.42. The largest absolute Gasteiger partial charge is 0.390 e. The van der Waals surface area contributed by atoms with Crippen LogP contribution in [0.3, 0.4) is 0 Å². The minimum atomic E-state index is -0.417. The minimum absolute atomic E-state index is 0.291. The maximum atomic E-state index is 12.3. The van der Waals surface area contributed by atoms with Crippen LogP contribution in [0.2, 0.25) is 0 Å². The molecule has 140 valence electrons. The number of aromatic nitrogens is 2. The van der Waals surface area contributed by atoms with E-state index in [-0.39, 0.29) is 0 Å². The van der Waals surface area contributed by atoms with Crippen LogP contribution in [-0.4, -0.2) is 94.0 Å². The van der Waals surface area contributed by atoms with Crippen molar-refractivity contribution >= 4 is 5.91 Å². The van der Waals surface area contributed by atoms with E-state index < -0.39 is 6.10 Å². The fourth-order valence-electron chi connectivity index (χ4n) is 3.94. The van der Waals surface area contributed by atoms with E-state index in [9.17, 15) is 9.90 Å².